The van der Waals surface area contributed by atoms with Crippen LogP contribution in [-0.4, -0.2) is 33.1 Å². The van der Waals surface area contributed by atoms with Crippen molar-refractivity contribution in [2.24, 2.45) is 0 Å². The maximum absolute atomic E-state index is 12.4. The molecule has 5 rings (SSSR count). The molecule has 7 heteroatoms. The second-order valence-electron chi connectivity index (χ2n) is 8.60. The van der Waals surface area contributed by atoms with Crippen LogP contribution in [0.1, 0.15) is 33.9 Å². The Kier molecular flexibility index (Phi) is 5.82. The van der Waals surface area contributed by atoms with E-state index in [1.54, 1.807) is 0 Å². The fourth-order valence-electron chi connectivity index (χ4n) is 4.37. The van der Waals surface area contributed by atoms with Gasteiger partial charge in [-0.15, -0.1) is 0 Å². The second kappa shape index (κ2) is 9.10. The van der Waals surface area contributed by atoms with E-state index in [1.807, 2.05) is 50.2 Å². The Morgan fingerprint density at radius 3 is 2.51 bits per heavy atom. The van der Waals surface area contributed by atoms with Crippen LogP contribution in [-0.2, 0) is 11.3 Å². The smallest absolute Gasteiger partial charge is 0.305 e. The molecule has 7 nitrogen and oxygen atoms in total. The minimum absolute atomic E-state index is 0.0522. The van der Waals surface area contributed by atoms with Crippen LogP contribution in [0.2, 0.25) is 0 Å². The summed E-state index contributed by atoms with van der Waals surface area (Å²) in [5, 5.41) is 12.2. The van der Waals surface area contributed by atoms with Gasteiger partial charge in [-0.3, -0.25) is 9.59 Å². The first-order chi connectivity index (χ1) is 16.9. The van der Waals surface area contributed by atoms with Crippen molar-refractivity contribution in [1.29, 1.82) is 0 Å². The predicted molar refractivity (Wildman–Crippen MR) is 135 cm³/mol. The molecule has 5 aromatic rings. The zero-order valence-corrected chi connectivity index (χ0v) is 19.5. The van der Waals surface area contributed by atoms with Crippen molar-refractivity contribution < 1.29 is 19.1 Å². The lowest BCUT2D eigenvalue weighted by molar-refractivity contribution is -0.136. The molecule has 0 spiro atoms. The number of aliphatic carboxylic acids is 1. The highest BCUT2D eigenvalue weighted by molar-refractivity contribution is 5.99. The second-order valence-corrected chi connectivity index (χ2v) is 8.60. The van der Waals surface area contributed by atoms with Crippen molar-refractivity contribution in [2.75, 3.05) is 6.54 Å². The number of aromatic nitrogens is 2. The topological polar surface area (TPSA) is 97.4 Å². The van der Waals surface area contributed by atoms with Crippen molar-refractivity contribution in [2.45, 2.75) is 26.8 Å². The van der Waals surface area contributed by atoms with E-state index in [-0.39, 0.29) is 18.7 Å². The van der Waals surface area contributed by atoms with Gasteiger partial charge in [0.15, 0.2) is 5.76 Å². The first-order valence-electron chi connectivity index (χ1n) is 11.4. The number of carboxylic acids is 1. The maximum atomic E-state index is 12.4. The number of aryl methyl sites for hydroxylation is 2. The summed E-state index contributed by atoms with van der Waals surface area (Å²) in [6, 6.07) is 22.4. The third-order valence-corrected chi connectivity index (χ3v) is 6.24. The van der Waals surface area contributed by atoms with Gasteiger partial charge in [-0.25, -0.2) is 4.98 Å². The van der Waals surface area contributed by atoms with Gasteiger partial charge in [-0.05, 0) is 48.7 Å². The fourth-order valence-corrected chi connectivity index (χ4v) is 4.37. The number of rotatable bonds is 7. The quantitative estimate of drug-likeness (QED) is 0.338. The molecule has 0 unspecified atom stereocenters. The Hall–Kier alpha value is -4.39. The van der Waals surface area contributed by atoms with Crippen LogP contribution in [0.25, 0.3) is 33.1 Å². The molecule has 0 aliphatic carbocycles. The van der Waals surface area contributed by atoms with Crippen LogP contribution in [0.3, 0.4) is 0 Å². The minimum Gasteiger partial charge on any atom is -0.481 e. The van der Waals surface area contributed by atoms with Gasteiger partial charge in [0.05, 0.1) is 17.5 Å². The number of furan rings is 1. The van der Waals surface area contributed by atoms with Crippen molar-refractivity contribution in [3.8, 4) is 11.1 Å². The Morgan fingerprint density at radius 2 is 1.74 bits per heavy atom. The highest BCUT2D eigenvalue weighted by atomic mass is 16.4. The van der Waals surface area contributed by atoms with Crippen LogP contribution >= 0.6 is 0 Å². The lowest BCUT2D eigenvalue weighted by Gasteiger charge is -2.08. The summed E-state index contributed by atoms with van der Waals surface area (Å²) in [7, 11) is 0. The molecule has 2 N–H and O–H groups in total. The van der Waals surface area contributed by atoms with Gasteiger partial charge in [0.1, 0.15) is 11.4 Å². The lowest BCUT2D eigenvalue weighted by Crippen LogP contribution is -2.26. The number of fused-ring (bicyclic) bond motifs is 2. The molecule has 0 fully saturated rings. The number of carbonyl (C=O) groups is 2. The third kappa shape index (κ3) is 4.40. The summed E-state index contributed by atoms with van der Waals surface area (Å²) in [4.78, 5) is 27.8. The molecule has 2 heterocycles. The van der Waals surface area contributed by atoms with Gasteiger partial charge in [-0.2, -0.15) is 0 Å². The first kappa shape index (κ1) is 22.4. The van der Waals surface area contributed by atoms with Gasteiger partial charge in [0.25, 0.3) is 5.91 Å². The number of nitrogens with zero attached hydrogens (tertiary/aromatic N) is 2. The fraction of sp³-hybridized carbons (Fsp3) is 0.179. The molecular weight excluding hydrogens is 442 g/mol. The number of benzene rings is 3. The summed E-state index contributed by atoms with van der Waals surface area (Å²) in [5.41, 5.74) is 6.68. The Labute approximate surface area is 202 Å². The van der Waals surface area contributed by atoms with Gasteiger partial charge in [0.2, 0.25) is 0 Å². The normalized spacial score (nSPS) is 11.3. The van der Waals surface area contributed by atoms with Crippen molar-refractivity contribution >= 4 is 33.9 Å². The molecule has 35 heavy (non-hydrogen) atoms. The van der Waals surface area contributed by atoms with E-state index in [0.29, 0.717) is 5.58 Å². The van der Waals surface area contributed by atoms with Crippen LogP contribution in [0.15, 0.2) is 71.1 Å². The van der Waals surface area contributed by atoms with Gasteiger partial charge in [0, 0.05) is 24.0 Å². The highest BCUT2D eigenvalue weighted by Crippen LogP contribution is 2.30. The SMILES string of the molecule is Cc1c(C(=O)NCCC(=O)O)oc2cc(-c3ccc(Cn4c(C)nc5ccccc54)cc3)ccc12. The largest absolute Gasteiger partial charge is 0.481 e. The minimum atomic E-state index is -0.962. The molecule has 3 aromatic carbocycles. The van der Waals surface area contributed by atoms with Crippen molar-refractivity contribution in [3.05, 3.63) is 89.4 Å². The first-order valence-corrected chi connectivity index (χ1v) is 11.4. The summed E-state index contributed by atoms with van der Waals surface area (Å²) in [6.45, 7) is 4.64. The van der Waals surface area contributed by atoms with E-state index in [9.17, 15) is 9.59 Å². The molecule has 176 valence electrons. The molecule has 0 bridgehead atoms. The molecule has 0 atom stereocenters. The van der Waals surface area contributed by atoms with Gasteiger partial charge in [-0.1, -0.05) is 48.5 Å². The van der Waals surface area contributed by atoms with Crippen molar-refractivity contribution in [1.82, 2.24) is 14.9 Å². The standard InChI is InChI=1S/C28H25N3O4/c1-17-22-12-11-21(15-25(22)35-27(17)28(34)29-14-13-26(32)33)20-9-7-19(8-10-20)16-31-18(2)30-23-5-3-4-6-24(23)31/h3-12,15H,13-14,16H2,1-2H3,(H,29,34)(H,32,33). The van der Waals surface area contributed by atoms with Gasteiger partial charge < -0.3 is 19.4 Å². The van der Waals surface area contributed by atoms with E-state index in [4.69, 9.17) is 9.52 Å². The van der Waals surface area contributed by atoms with E-state index < -0.39 is 11.9 Å². The lowest BCUT2D eigenvalue weighted by atomic mass is 10.0. The predicted octanol–water partition coefficient (Wildman–Crippen LogP) is 5.32. The molecular formula is C28H25N3O4. The zero-order valence-electron chi connectivity index (χ0n) is 19.5. The average Bonchev–Trinajstić information content (AvgIpc) is 3.35. The molecule has 2 aromatic heterocycles. The molecule has 0 aliphatic heterocycles. The molecule has 0 saturated heterocycles. The van der Waals surface area contributed by atoms with Gasteiger partial charge >= 0.3 is 5.97 Å². The number of carboxylic acid groups (broad SMARTS) is 1. The Morgan fingerprint density at radius 1 is 1.00 bits per heavy atom. The van der Waals surface area contributed by atoms with E-state index >= 15 is 0 Å². The van der Waals surface area contributed by atoms with E-state index in [1.165, 1.54) is 5.56 Å². The van der Waals surface area contributed by atoms with E-state index in [2.05, 4.69) is 45.2 Å². The third-order valence-electron chi connectivity index (χ3n) is 6.24. The summed E-state index contributed by atoms with van der Waals surface area (Å²) >= 11 is 0. The van der Waals surface area contributed by atoms with Crippen molar-refractivity contribution in [3.63, 3.8) is 0 Å². The van der Waals surface area contributed by atoms with Crippen LogP contribution in [0.5, 0.6) is 0 Å². The molecule has 1 amide bonds. The summed E-state index contributed by atoms with van der Waals surface area (Å²) in [6.07, 6.45) is -0.137. The molecule has 0 aliphatic rings. The zero-order chi connectivity index (χ0) is 24.5. The van der Waals surface area contributed by atoms with Crippen LogP contribution in [0.4, 0.5) is 0 Å². The Bertz CT molecular complexity index is 1560. The van der Waals surface area contributed by atoms with Crippen LogP contribution in [0, 0.1) is 13.8 Å². The Balaban J connectivity index is 1.37. The molecule has 0 radical (unpaired) electrons. The number of hydrogen-bond donors (Lipinski definition) is 2. The number of para-hydroxylation sites is 2. The summed E-state index contributed by atoms with van der Waals surface area (Å²) < 4.78 is 8.07. The number of hydrogen-bond acceptors (Lipinski definition) is 4. The average molecular weight is 468 g/mol. The van der Waals surface area contributed by atoms with Crippen LogP contribution < -0.4 is 5.32 Å². The number of amides is 1. The highest BCUT2D eigenvalue weighted by Gasteiger charge is 2.18. The monoisotopic (exact) mass is 467 g/mol. The molecule has 0 saturated carbocycles. The van der Waals surface area contributed by atoms with E-state index in [0.717, 1.165) is 45.5 Å². The summed E-state index contributed by atoms with van der Waals surface area (Å²) in [5.74, 6) is -0.179. The maximum Gasteiger partial charge on any atom is 0.305 e. The number of imidazole rings is 1. The number of carbonyl (C=O) groups excluding carboxylic acids is 1. The number of nitrogens with one attached hydrogen (secondary N) is 1.